The van der Waals surface area contributed by atoms with Crippen LogP contribution in [0.2, 0.25) is 0 Å². The van der Waals surface area contributed by atoms with Crippen LogP contribution in [-0.4, -0.2) is 24.5 Å². The highest BCUT2D eigenvalue weighted by Gasteiger charge is 2.27. The topological polar surface area (TPSA) is 29.3 Å². The van der Waals surface area contributed by atoms with Crippen molar-refractivity contribution in [1.82, 2.24) is 4.90 Å². The maximum Gasteiger partial charge on any atom is 0.123 e. The monoisotopic (exact) mass is 340 g/mol. The van der Waals surface area contributed by atoms with Gasteiger partial charge in [0.05, 0.1) is 0 Å². The minimum Gasteiger partial charge on any atom is -0.330 e. The second kappa shape index (κ2) is 8.11. The van der Waals surface area contributed by atoms with Crippen molar-refractivity contribution in [2.75, 3.05) is 19.6 Å². The van der Waals surface area contributed by atoms with Crippen LogP contribution in [0.1, 0.15) is 41.0 Å². The molecule has 134 valence electrons. The van der Waals surface area contributed by atoms with E-state index in [0.29, 0.717) is 18.4 Å². The Morgan fingerprint density at radius 1 is 1.04 bits per heavy atom. The predicted molar refractivity (Wildman–Crippen MR) is 102 cm³/mol. The molecule has 1 atom stereocenters. The molecular weight excluding hydrogens is 311 g/mol. The van der Waals surface area contributed by atoms with E-state index in [2.05, 4.69) is 36.9 Å². The molecule has 25 heavy (non-hydrogen) atoms. The van der Waals surface area contributed by atoms with Gasteiger partial charge in [-0.3, -0.25) is 4.90 Å². The molecule has 0 aliphatic carbocycles. The van der Waals surface area contributed by atoms with Crippen LogP contribution in [-0.2, 0) is 6.54 Å². The zero-order chi connectivity index (χ0) is 17.8. The molecular formula is C22H29FN2. The van der Waals surface area contributed by atoms with E-state index in [1.165, 1.54) is 35.1 Å². The summed E-state index contributed by atoms with van der Waals surface area (Å²) in [5, 5.41) is 0. The lowest BCUT2D eigenvalue weighted by Gasteiger charge is -2.36. The highest BCUT2D eigenvalue weighted by molar-refractivity contribution is 5.32. The molecule has 2 aromatic carbocycles. The molecule has 1 unspecified atom stereocenters. The molecule has 0 radical (unpaired) electrons. The van der Waals surface area contributed by atoms with Gasteiger partial charge in [0.2, 0.25) is 0 Å². The molecule has 1 saturated heterocycles. The van der Waals surface area contributed by atoms with Gasteiger partial charge < -0.3 is 5.73 Å². The first kappa shape index (κ1) is 18.1. The summed E-state index contributed by atoms with van der Waals surface area (Å²) in [5.74, 6) is 0.936. The fourth-order valence-corrected chi connectivity index (χ4v) is 3.96. The van der Waals surface area contributed by atoms with Gasteiger partial charge in [0, 0.05) is 6.54 Å². The number of hydrogen-bond acceptors (Lipinski definition) is 2. The van der Waals surface area contributed by atoms with Crippen LogP contribution in [0.25, 0.3) is 0 Å². The van der Waals surface area contributed by atoms with Crippen LogP contribution in [0.3, 0.4) is 0 Å². The second-order valence-corrected chi connectivity index (χ2v) is 7.43. The predicted octanol–water partition coefficient (Wildman–Crippen LogP) is 4.40. The van der Waals surface area contributed by atoms with Crippen molar-refractivity contribution in [2.45, 2.75) is 39.2 Å². The molecule has 1 fully saturated rings. The third-order valence-electron chi connectivity index (χ3n) is 5.73. The zero-order valence-electron chi connectivity index (χ0n) is 15.3. The number of likely N-dealkylation sites (tertiary alicyclic amines) is 1. The van der Waals surface area contributed by atoms with Crippen molar-refractivity contribution in [3.63, 3.8) is 0 Å². The Morgan fingerprint density at radius 3 is 2.32 bits per heavy atom. The van der Waals surface area contributed by atoms with Gasteiger partial charge in [-0.05, 0) is 92.5 Å². The molecule has 0 saturated carbocycles. The summed E-state index contributed by atoms with van der Waals surface area (Å²) in [5.41, 5.74) is 11.4. The smallest absolute Gasteiger partial charge is 0.123 e. The van der Waals surface area contributed by atoms with Gasteiger partial charge in [0.25, 0.3) is 0 Å². The highest BCUT2D eigenvalue weighted by Crippen LogP contribution is 2.33. The number of nitrogens with zero attached hydrogens (tertiary/aromatic N) is 1. The highest BCUT2D eigenvalue weighted by atomic mass is 19.1. The largest absolute Gasteiger partial charge is 0.330 e. The molecule has 0 amide bonds. The lowest BCUT2D eigenvalue weighted by Crippen LogP contribution is -2.36. The molecule has 1 heterocycles. The van der Waals surface area contributed by atoms with Crippen LogP contribution in [0.5, 0.6) is 0 Å². The van der Waals surface area contributed by atoms with Gasteiger partial charge in [0.15, 0.2) is 0 Å². The Kier molecular flexibility index (Phi) is 5.87. The van der Waals surface area contributed by atoms with E-state index in [9.17, 15) is 4.39 Å². The summed E-state index contributed by atoms with van der Waals surface area (Å²) in [6.45, 7) is 8.13. The third-order valence-corrected chi connectivity index (χ3v) is 5.73. The standard InChI is InChI=1S/C22H29FN2/c1-16-3-6-20(13-17(16)2)22(14-24)19-9-11-25(12-10-19)15-18-4-7-21(23)8-5-18/h3-8,13,19,22H,9-12,14-15,24H2,1-2H3. The van der Waals surface area contributed by atoms with Gasteiger partial charge in [-0.2, -0.15) is 0 Å². The summed E-state index contributed by atoms with van der Waals surface area (Å²) in [6, 6.07) is 13.7. The lowest BCUT2D eigenvalue weighted by molar-refractivity contribution is 0.162. The number of aryl methyl sites for hydroxylation is 2. The van der Waals surface area contributed by atoms with Crippen LogP contribution in [0.15, 0.2) is 42.5 Å². The van der Waals surface area contributed by atoms with Crippen LogP contribution < -0.4 is 5.73 Å². The molecule has 0 aromatic heterocycles. The minimum atomic E-state index is -0.165. The van der Waals surface area contributed by atoms with Gasteiger partial charge >= 0.3 is 0 Å². The van der Waals surface area contributed by atoms with Crippen LogP contribution in [0, 0.1) is 25.6 Å². The quantitative estimate of drug-likeness (QED) is 0.874. The van der Waals surface area contributed by atoms with E-state index in [4.69, 9.17) is 5.73 Å². The van der Waals surface area contributed by atoms with E-state index in [1.807, 2.05) is 12.1 Å². The fraction of sp³-hybridized carbons (Fsp3) is 0.455. The average molecular weight is 340 g/mol. The van der Waals surface area contributed by atoms with Gasteiger partial charge in [-0.25, -0.2) is 4.39 Å². The van der Waals surface area contributed by atoms with Crippen molar-refractivity contribution in [1.29, 1.82) is 0 Å². The maximum absolute atomic E-state index is 13.0. The summed E-state index contributed by atoms with van der Waals surface area (Å²) >= 11 is 0. The molecule has 1 aliphatic heterocycles. The molecule has 2 aromatic rings. The van der Waals surface area contributed by atoms with Crippen molar-refractivity contribution in [3.8, 4) is 0 Å². The van der Waals surface area contributed by atoms with Crippen molar-refractivity contribution in [3.05, 3.63) is 70.5 Å². The first-order chi connectivity index (χ1) is 12.1. The first-order valence-corrected chi connectivity index (χ1v) is 9.31. The number of benzene rings is 2. The molecule has 2 N–H and O–H groups in total. The van der Waals surface area contributed by atoms with E-state index < -0.39 is 0 Å². The van der Waals surface area contributed by atoms with E-state index in [0.717, 1.165) is 19.6 Å². The SMILES string of the molecule is Cc1ccc(C(CN)C2CCN(Cc3ccc(F)cc3)CC2)cc1C. The number of piperidine rings is 1. The molecule has 1 aliphatic rings. The summed E-state index contributed by atoms with van der Waals surface area (Å²) in [7, 11) is 0. The summed E-state index contributed by atoms with van der Waals surface area (Å²) in [6.07, 6.45) is 2.35. The molecule has 3 heteroatoms. The number of halogens is 1. The first-order valence-electron chi connectivity index (χ1n) is 9.31. The molecule has 0 bridgehead atoms. The Bertz CT molecular complexity index is 688. The van der Waals surface area contributed by atoms with Gasteiger partial charge in [-0.1, -0.05) is 30.3 Å². The Morgan fingerprint density at radius 2 is 1.72 bits per heavy atom. The Balaban J connectivity index is 1.60. The number of nitrogens with two attached hydrogens (primary N) is 1. The van der Waals surface area contributed by atoms with Crippen LogP contribution >= 0.6 is 0 Å². The average Bonchev–Trinajstić information content (AvgIpc) is 2.62. The molecule has 2 nitrogen and oxygen atoms in total. The van der Waals surface area contributed by atoms with Crippen molar-refractivity contribution >= 4 is 0 Å². The van der Waals surface area contributed by atoms with Crippen molar-refractivity contribution < 1.29 is 4.39 Å². The summed E-state index contributed by atoms with van der Waals surface area (Å²) in [4.78, 5) is 2.47. The number of hydrogen-bond donors (Lipinski definition) is 1. The Labute approximate surface area is 150 Å². The van der Waals surface area contributed by atoms with Crippen LogP contribution in [0.4, 0.5) is 4.39 Å². The number of rotatable bonds is 5. The molecule has 0 spiro atoms. The minimum absolute atomic E-state index is 0.165. The third kappa shape index (κ3) is 4.47. The fourth-order valence-electron chi connectivity index (χ4n) is 3.96. The lowest BCUT2D eigenvalue weighted by atomic mass is 9.79. The zero-order valence-corrected chi connectivity index (χ0v) is 15.3. The second-order valence-electron chi connectivity index (χ2n) is 7.43. The molecule has 3 rings (SSSR count). The summed E-state index contributed by atoms with van der Waals surface area (Å²) < 4.78 is 13.0. The van der Waals surface area contributed by atoms with E-state index in [1.54, 1.807) is 12.1 Å². The Hall–Kier alpha value is -1.71. The van der Waals surface area contributed by atoms with E-state index >= 15 is 0 Å². The van der Waals surface area contributed by atoms with Gasteiger partial charge in [-0.15, -0.1) is 0 Å². The van der Waals surface area contributed by atoms with Gasteiger partial charge in [0.1, 0.15) is 5.82 Å². The maximum atomic E-state index is 13.0. The van der Waals surface area contributed by atoms with E-state index in [-0.39, 0.29) is 5.82 Å². The normalized spacial score (nSPS) is 17.6. The van der Waals surface area contributed by atoms with Crippen molar-refractivity contribution in [2.24, 2.45) is 11.7 Å².